The molecule has 3 heterocycles. The van der Waals surface area contributed by atoms with Gasteiger partial charge in [-0.2, -0.15) is 0 Å². The Hall–Kier alpha value is -3.19. The molecule has 33 heavy (non-hydrogen) atoms. The Balaban J connectivity index is 1.42. The second kappa shape index (κ2) is 9.75. The molecule has 4 aromatic rings. The van der Waals surface area contributed by atoms with Crippen LogP contribution < -0.4 is 9.54 Å². The van der Waals surface area contributed by atoms with Gasteiger partial charge in [0, 0.05) is 30.5 Å². The number of fused-ring (bicyclic) bond motifs is 1. The van der Waals surface area contributed by atoms with Gasteiger partial charge in [-0.1, -0.05) is 6.42 Å². The van der Waals surface area contributed by atoms with Crippen LogP contribution in [0.5, 0.6) is 5.75 Å². The molecule has 0 bridgehead atoms. The number of nitrogens with zero attached hydrogens (tertiary/aromatic N) is 5. The second-order valence-electron chi connectivity index (χ2n) is 8.17. The van der Waals surface area contributed by atoms with Crippen LogP contribution in [-0.2, 0) is 19.5 Å². The van der Waals surface area contributed by atoms with Gasteiger partial charge < -0.3 is 13.9 Å². The number of aryl methyl sites for hydroxylation is 1. The van der Waals surface area contributed by atoms with Crippen molar-refractivity contribution >= 4 is 17.0 Å². The van der Waals surface area contributed by atoms with Gasteiger partial charge in [0.25, 0.3) is 0 Å². The van der Waals surface area contributed by atoms with E-state index in [4.69, 9.17) is 9.73 Å². The van der Waals surface area contributed by atoms with Crippen LogP contribution in [0.15, 0.2) is 58.9 Å². The van der Waals surface area contributed by atoms with Crippen LogP contribution in [-0.4, -0.2) is 25.9 Å². The third-order valence-electron chi connectivity index (χ3n) is 6.03. The van der Waals surface area contributed by atoms with Crippen LogP contribution >= 0.6 is 11.3 Å². The van der Waals surface area contributed by atoms with Gasteiger partial charge in [0.1, 0.15) is 11.6 Å². The van der Waals surface area contributed by atoms with Crippen LogP contribution in [0.25, 0.3) is 22.6 Å². The molecule has 0 unspecified atom stereocenters. The molecular weight excluding hydrogens is 430 g/mol. The molecule has 170 valence electrons. The van der Waals surface area contributed by atoms with Crippen molar-refractivity contribution in [1.82, 2.24) is 19.3 Å². The molecule has 7 heteroatoms. The SMILES string of the molecule is CCOc1ccc(-c2csc(=Nc3ccc(-c4nnc5n4CCCCC5)cc3)n2CC)cc1. The average Bonchev–Trinajstić information content (AvgIpc) is 3.36. The highest BCUT2D eigenvalue weighted by Gasteiger charge is 2.16. The summed E-state index contributed by atoms with van der Waals surface area (Å²) in [7, 11) is 0. The summed E-state index contributed by atoms with van der Waals surface area (Å²) in [5, 5.41) is 11.1. The molecule has 1 aliphatic rings. The lowest BCUT2D eigenvalue weighted by atomic mass is 10.1. The second-order valence-corrected chi connectivity index (χ2v) is 9.00. The molecule has 0 saturated carbocycles. The maximum atomic E-state index is 5.58. The van der Waals surface area contributed by atoms with Gasteiger partial charge >= 0.3 is 0 Å². The van der Waals surface area contributed by atoms with Gasteiger partial charge in [0.05, 0.1) is 18.0 Å². The lowest BCUT2D eigenvalue weighted by Crippen LogP contribution is -2.14. The Labute approximate surface area is 198 Å². The van der Waals surface area contributed by atoms with E-state index in [-0.39, 0.29) is 0 Å². The largest absolute Gasteiger partial charge is 0.494 e. The predicted molar refractivity (Wildman–Crippen MR) is 133 cm³/mol. The van der Waals surface area contributed by atoms with E-state index in [0.717, 1.165) is 53.0 Å². The van der Waals surface area contributed by atoms with Gasteiger partial charge in [-0.3, -0.25) is 0 Å². The summed E-state index contributed by atoms with van der Waals surface area (Å²) in [5.41, 5.74) is 4.38. The Kier molecular flexibility index (Phi) is 6.39. The molecule has 6 nitrogen and oxygen atoms in total. The minimum absolute atomic E-state index is 0.675. The van der Waals surface area contributed by atoms with Gasteiger partial charge in [-0.05, 0) is 80.8 Å². The van der Waals surface area contributed by atoms with E-state index in [1.807, 2.05) is 19.1 Å². The molecule has 0 amide bonds. The molecule has 0 N–H and O–H groups in total. The topological polar surface area (TPSA) is 57.2 Å². The summed E-state index contributed by atoms with van der Waals surface area (Å²) in [6.45, 7) is 6.69. The summed E-state index contributed by atoms with van der Waals surface area (Å²) >= 11 is 1.67. The van der Waals surface area contributed by atoms with Crippen molar-refractivity contribution in [3.63, 3.8) is 0 Å². The van der Waals surface area contributed by atoms with Crippen molar-refractivity contribution in [3.05, 3.63) is 64.5 Å². The fourth-order valence-electron chi connectivity index (χ4n) is 4.34. The van der Waals surface area contributed by atoms with Gasteiger partial charge in [0.2, 0.25) is 0 Å². The van der Waals surface area contributed by atoms with Gasteiger partial charge in [-0.15, -0.1) is 21.5 Å². The molecule has 0 atom stereocenters. The Morgan fingerprint density at radius 2 is 1.73 bits per heavy atom. The predicted octanol–water partition coefficient (Wildman–Crippen LogP) is 5.85. The molecular formula is C26H29N5OS. The van der Waals surface area contributed by atoms with Crippen molar-refractivity contribution < 1.29 is 4.74 Å². The van der Waals surface area contributed by atoms with Crippen LogP contribution in [0, 0.1) is 0 Å². The van der Waals surface area contributed by atoms with Crippen molar-refractivity contribution in [1.29, 1.82) is 0 Å². The Morgan fingerprint density at radius 1 is 0.939 bits per heavy atom. The minimum atomic E-state index is 0.675. The highest BCUT2D eigenvalue weighted by atomic mass is 32.1. The lowest BCUT2D eigenvalue weighted by molar-refractivity contribution is 0.340. The highest BCUT2D eigenvalue weighted by Crippen LogP contribution is 2.26. The van der Waals surface area contributed by atoms with Gasteiger partial charge in [-0.25, -0.2) is 4.99 Å². The zero-order valence-electron chi connectivity index (χ0n) is 19.2. The minimum Gasteiger partial charge on any atom is -0.494 e. The summed E-state index contributed by atoms with van der Waals surface area (Å²) in [4.78, 5) is 5.94. The summed E-state index contributed by atoms with van der Waals surface area (Å²) in [6, 6.07) is 16.6. The van der Waals surface area contributed by atoms with E-state index < -0.39 is 0 Å². The van der Waals surface area contributed by atoms with Crippen molar-refractivity contribution in [2.75, 3.05) is 6.61 Å². The molecule has 1 aliphatic heterocycles. The maximum Gasteiger partial charge on any atom is 0.190 e. The first-order chi connectivity index (χ1) is 16.3. The molecule has 0 aliphatic carbocycles. The van der Waals surface area contributed by atoms with Crippen LogP contribution in [0.4, 0.5) is 5.69 Å². The summed E-state index contributed by atoms with van der Waals surface area (Å²) in [6.07, 6.45) is 4.67. The number of aromatic nitrogens is 4. The van der Waals surface area contributed by atoms with Crippen molar-refractivity contribution in [2.24, 2.45) is 4.99 Å². The van der Waals surface area contributed by atoms with E-state index in [2.05, 4.69) is 68.0 Å². The standard InChI is InChI=1S/C26H29N5OS/c1-3-30-23(19-11-15-22(16-12-19)32-4-2)18-33-26(30)27-21-13-9-20(10-14-21)25-29-28-24-8-6-5-7-17-31(24)25/h9-16,18H,3-8,17H2,1-2H3. The van der Waals surface area contributed by atoms with E-state index in [1.165, 1.54) is 30.5 Å². The van der Waals surface area contributed by atoms with Crippen molar-refractivity contribution in [3.8, 4) is 28.4 Å². The monoisotopic (exact) mass is 459 g/mol. The zero-order chi connectivity index (χ0) is 22.6. The molecule has 2 aromatic carbocycles. The van der Waals surface area contributed by atoms with Crippen LogP contribution in [0.1, 0.15) is 38.9 Å². The van der Waals surface area contributed by atoms with E-state index in [1.54, 1.807) is 11.3 Å². The molecule has 5 rings (SSSR count). The molecule has 0 radical (unpaired) electrons. The van der Waals surface area contributed by atoms with Crippen LogP contribution in [0.2, 0.25) is 0 Å². The lowest BCUT2D eigenvalue weighted by Gasteiger charge is -2.08. The summed E-state index contributed by atoms with van der Waals surface area (Å²) < 4.78 is 10.1. The molecule has 0 fully saturated rings. The molecule has 0 saturated heterocycles. The highest BCUT2D eigenvalue weighted by molar-refractivity contribution is 7.07. The average molecular weight is 460 g/mol. The van der Waals surface area contributed by atoms with E-state index in [0.29, 0.717) is 6.61 Å². The first-order valence-electron chi connectivity index (χ1n) is 11.8. The first-order valence-corrected chi connectivity index (χ1v) is 12.6. The maximum absolute atomic E-state index is 5.58. The fraction of sp³-hybridized carbons (Fsp3) is 0.346. The molecule has 0 spiro atoms. The summed E-state index contributed by atoms with van der Waals surface area (Å²) in [5.74, 6) is 2.98. The first kappa shape index (κ1) is 21.6. The zero-order valence-corrected chi connectivity index (χ0v) is 20.0. The van der Waals surface area contributed by atoms with Gasteiger partial charge in [0.15, 0.2) is 10.6 Å². The fourth-order valence-corrected chi connectivity index (χ4v) is 5.33. The number of hydrogen-bond donors (Lipinski definition) is 0. The smallest absolute Gasteiger partial charge is 0.190 e. The molecule has 2 aromatic heterocycles. The third-order valence-corrected chi connectivity index (χ3v) is 6.90. The number of benzene rings is 2. The Bertz CT molecular complexity index is 1280. The Morgan fingerprint density at radius 3 is 2.48 bits per heavy atom. The number of thiazole rings is 1. The van der Waals surface area contributed by atoms with Crippen LogP contribution in [0.3, 0.4) is 0 Å². The number of rotatable bonds is 6. The third kappa shape index (κ3) is 4.50. The number of hydrogen-bond acceptors (Lipinski definition) is 5. The normalized spacial score (nSPS) is 14.2. The number of ether oxygens (including phenoxy) is 1. The van der Waals surface area contributed by atoms with E-state index >= 15 is 0 Å². The quantitative estimate of drug-likeness (QED) is 0.363. The van der Waals surface area contributed by atoms with Crippen molar-refractivity contribution in [2.45, 2.75) is 52.6 Å². The van der Waals surface area contributed by atoms with E-state index in [9.17, 15) is 0 Å².